The molecule has 2 aliphatic rings. The Morgan fingerprint density at radius 3 is 1.71 bits per heavy atom. The number of halogens is 1. The standard InChI is InChI=1S/C27H28N2O4S.ClH/c30-26(28-31)27(16-18-29(19-17-27)24-12-13-24)34(32,33)25-14-10-23(11-15-25)22-8-6-21(7-9-22)20-4-2-1-3-5-20;/h1-11,14-15,24,31H,12-13,16-19H2,(H,28,30);1H. The molecule has 0 unspecified atom stereocenters. The lowest BCUT2D eigenvalue weighted by atomic mass is 9.94. The zero-order valence-corrected chi connectivity index (χ0v) is 20.9. The van der Waals surface area contributed by atoms with E-state index in [1.165, 1.54) is 0 Å². The summed E-state index contributed by atoms with van der Waals surface area (Å²) < 4.78 is 25.7. The fourth-order valence-electron chi connectivity index (χ4n) is 4.95. The van der Waals surface area contributed by atoms with E-state index in [0.29, 0.717) is 19.1 Å². The minimum Gasteiger partial charge on any atom is -0.300 e. The van der Waals surface area contributed by atoms with E-state index >= 15 is 0 Å². The molecule has 35 heavy (non-hydrogen) atoms. The van der Waals surface area contributed by atoms with Gasteiger partial charge >= 0.3 is 0 Å². The van der Waals surface area contributed by atoms with Gasteiger partial charge < -0.3 is 4.90 Å². The predicted molar refractivity (Wildman–Crippen MR) is 138 cm³/mol. The molecule has 1 saturated carbocycles. The van der Waals surface area contributed by atoms with Gasteiger partial charge in [0, 0.05) is 19.1 Å². The Morgan fingerprint density at radius 2 is 1.26 bits per heavy atom. The number of hydrogen-bond acceptors (Lipinski definition) is 5. The molecule has 8 heteroatoms. The van der Waals surface area contributed by atoms with Gasteiger partial charge in [-0.2, -0.15) is 0 Å². The van der Waals surface area contributed by atoms with Gasteiger partial charge in [0.05, 0.1) is 4.90 Å². The molecule has 2 N–H and O–H groups in total. The number of piperidine rings is 1. The van der Waals surface area contributed by atoms with Crippen molar-refractivity contribution in [3.63, 3.8) is 0 Å². The van der Waals surface area contributed by atoms with Crippen molar-refractivity contribution in [1.29, 1.82) is 0 Å². The maximum atomic E-state index is 13.7. The van der Waals surface area contributed by atoms with Crippen LogP contribution in [0.3, 0.4) is 0 Å². The molecule has 0 atom stereocenters. The number of nitrogens with zero attached hydrogens (tertiary/aromatic N) is 1. The van der Waals surface area contributed by atoms with E-state index in [4.69, 9.17) is 0 Å². The summed E-state index contributed by atoms with van der Waals surface area (Å²) in [6.45, 7) is 1.06. The molecule has 184 valence electrons. The van der Waals surface area contributed by atoms with Gasteiger partial charge in [-0.3, -0.25) is 10.0 Å². The van der Waals surface area contributed by atoms with E-state index in [1.54, 1.807) is 29.7 Å². The Balaban J connectivity index is 0.00000289. The SMILES string of the molecule is Cl.O=C(NO)C1(S(=O)(=O)c2ccc(-c3ccc(-c4ccccc4)cc3)cc2)CCN(C2CC2)CC1. The van der Waals surface area contributed by atoms with Crippen LogP contribution in [0.1, 0.15) is 25.7 Å². The quantitative estimate of drug-likeness (QED) is 0.368. The van der Waals surface area contributed by atoms with Crippen LogP contribution in [0, 0.1) is 0 Å². The molecule has 3 aromatic carbocycles. The molecule has 0 aromatic heterocycles. The molecular formula is C27H29ClN2O4S. The molecular weight excluding hydrogens is 484 g/mol. The summed E-state index contributed by atoms with van der Waals surface area (Å²) in [4.78, 5) is 15.0. The van der Waals surface area contributed by atoms with Crippen molar-refractivity contribution in [3.8, 4) is 22.3 Å². The number of nitrogens with one attached hydrogen (secondary N) is 1. The summed E-state index contributed by atoms with van der Waals surface area (Å²) >= 11 is 0. The normalized spacial score (nSPS) is 17.9. The van der Waals surface area contributed by atoms with Crippen LogP contribution in [-0.4, -0.2) is 48.3 Å². The van der Waals surface area contributed by atoms with Crippen molar-refractivity contribution in [2.45, 2.75) is 41.4 Å². The van der Waals surface area contributed by atoms with E-state index in [0.717, 1.165) is 35.1 Å². The van der Waals surface area contributed by atoms with Crippen molar-refractivity contribution in [2.24, 2.45) is 0 Å². The van der Waals surface area contributed by atoms with Gasteiger partial charge in [-0.15, -0.1) is 12.4 Å². The maximum Gasteiger partial charge on any atom is 0.265 e. The molecule has 0 bridgehead atoms. The van der Waals surface area contributed by atoms with Crippen molar-refractivity contribution in [2.75, 3.05) is 13.1 Å². The zero-order valence-electron chi connectivity index (χ0n) is 19.3. The van der Waals surface area contributed by atoms with Crippen LogP contribution in [0.15, 0.2) is 83.8 Å². The Labute approximate surface area is 212 Å². The summed E-state index contributed by atoms with van der Waals surface area (Å²) in [6.07, 6.45) is 2.58. The number of benzene rings is 3. The van der Waals surface area contributed by atoms with Crippen molar-refractivity contribution in [1.82, 2.24) is 10.4 Å². The first-order valence-corrected chi connectivity index (χ1v) is 13.1. The summed E-state index contributed by atoms with van der Waals surface area (Å²) in [7, 11) is -4.00. The second kappa shape index (κ2) is 10.1. The van der Waals surface area contributed by atoms with Crippen LogP contribution < -0.4 is 5.48 Å². The van der Waals surface area contributed by atoms with E-state index in [2.05, 4.69) is 17.0 Å². The topological polar surface area (TPSA) is 86.7 Å². The van der Waals surface area contributed by atoms with Crippen LogP contribution >= 0.6 is 12.4 Å². The molecule has 1 amide bonds. The van der Waals surface area contributed by atoms with Crippen molar-refractivity contribution >= 4 is 28.2 Å². The monoisotopic (exact) mass is 512 g/mol. The van der Waals surface area contributed by atoms with E-state index in [-0.39, 0.29) is 30.1 Å². The summed E-state index contributed by atoms with van der Waals surface area (Å²) in [5, 5.41) is 9.37. The first-order chi connectivity index (χ1) is 16.4. The molecule has 5 rings (SSSR count). The highest BCUT2D eigenvalue weighted by Crippen LogP contribution is 2.39. The maximum absolute atomic E-state index is 13.7. The third-order valence-corrected chi connectivity index (χ3v) is 9.70. The van der Waals surface area contributed by atoms with Crippen LogP contribution in [0.4, 0.5) is 0 Å². The number of hydrogen-bond donors (Lipinski definition) is 2. The Morgan fingerprint density at radius 1 is 0.800 bits per heavy atom. The number of sulfone groups is 1. The summed E-state index contributed by atoms with van der Waals surface area (Å²) in [5.74, 6) is -0.844. The van der Waals surface area contributed by atoms with Gasteiger partial charge in [0.1, 0.15) is 0 Å². The molecule has 0 spiro atoms. The van der Waals surface area contributed by atoms with Crippen LogP contribution in [0.25, 0.3) is 22.3 Å². The van der Waals surface area contributed by atoms with Crippen molar-refractivity contribution in [3.05, 3.63) is 78.9 Å². The Bertz CT molecular complexity index is 1270. The molecule has 1 saturated heterocycles. The lowest BCUT2D eigenvalue weighted by Crippen LogP contribution is -2.58. The molecule has 1 heterocycles. The number of hydroxylamine groups is 1. The number of amides is 1. The highest BCUT2D eigenvalue weighted by molar-refractivity contribution is 7.93. The van der Waals surface area contributed by atoms with E-state index < -0.39 is 20.5 Å². The van der Waals surface area contributed by atoms with E-state index in [9.17, 15) is 18.4 Å². The number of likely N-dealkylation sites (tertiary alicyclic amines) is 1. The molecule has 3 aromatic rings. The van der Waals surface area contributed by atoms with Crippen LogP contribution in [0.2, 0.25) is 0 Å². The van der Waals surface area contributed by atoms with Gasteiger partial charge in [0.25, 0.3) is 5.91 Å². The molecule has 1 aliphatic heterocycles. The number of carbonyl (C=O) groups excluding carboxylic acids is 1. The molecule has 1 aliphatic carbocycles. The van der Waals surface area contributed by atoms with Gasteiger partial charge in [0.2, 0.25) is 0 Å². The Hall–Kier alpha value is -2.71. The van der Waals surface area contributed by atoms with Gasteiger partial charge in [-0.25, -0.2) is 13.9 Å². The van der Waals surface area contributed by atoms with Gasteiger partial charge in [-0.05, 0) is 60.1 Å². The fourth-order valence-corrected chi connectivity index (χ4v) is 6.90. The number of rotatable bonds is 6. The lowest BCUT2D eigenvalue weighted by Gasteiger charge is -2.39. The fraction of sp³-hybridized carbons (Fsp3) is 0.296. The zero-order chi connectivity index (χ0) is 23.8. The molecule has 0 radical (unpaired) electrons. The highest BCUT2D eigenvalue weighted by atomic mass is 35.5. The van der Waals surface area contributed by atoms with Gasteiger partial charge in [-0.1, -0.05) is 66.7 Å². The highest BCUT2D eigenvalue weighted by Gasteiger charge is 2.53. The summed E-state index contributed by atoms with van der Waals surface area (Å²) in [5.41, 5.74) is 5.74. The van der Waals surface area contributed by atoms with Crippen LogP contribution in [0.5, 0.6) is 0 Å². The Kier molecular flexibility index (Phi) is 7.33. The number of carbonyl (C=O) groups is 1. The van der Waals surface area contributed by atoms with Crippen LogP contribution in [-0.2, 0) is 14.6 Å². The second-order valence-corrected chi connectivity index (χ2v) is 11.4. The predicted octanol–water partition coefficient (Wildman–Crippen LogP) is 4.72. The minimum absolute atomic E-state index is 0. The first-order valence-electron chi connectivity index (χ1n) is 11.6. The average molecular weight is 513 g/mol. The first kappa shape index (κ1) is 25.4. The molecule has 6 nitrogen and oxygen atoms in total. The largest absolute Gasteiger partial charge is 0.300 e. The molecule has 2 fully saturated rings. The second-order valence-electron chi connectivity index (χ2n) is 9.17. The average Bonchev–Trinajstić information content (AvgIpc) is 3.74. The third kappa shape index (κ3) is 4.74. The summed E-state index contributed by atoms with van der Waals surface area (Å²) in [6, 6.07) is 25.4. The smallest absolute Gasteiger partial charge is 0.265 e. The third-order valence-electron chi connectivity index (χ3n) is 7.19. The van der Waals surface area contributed by atoms with Crippen molar-refractivity contribution < 1.29 is 18.4 Å². The minimum atomic E-state index is -4.00. The van der Waals surface area contributed by atoms with Gasteiger partial charge in [0.15, 0.2) is 14.6 Å². The lowest BCUT2D eigenvalue weighted by molar-refractivity contribution is -0.133. The van der Waals surface area contributed by atoms with E-state index in [1.807, 2.05) is 42.5 Å².